The van der Waals surface area contributed by atoms with Gasteiger partial charge in [0.25, 0.3) is 0 Å². The molecular weight excluding hydrogens is 364 g/mol. The van der Waals surface area contributed by atoms with E-state index in [1.165, 1.54) is 5.56 Å². The summed E-state index contributed by atoms with van der Waals surface area (Å²) in [6.07, 6.45) is 0.771. The number of aliphatic imine (C=N–C) groups is 1. The third kappa shape index (κ3) is 5.67. The zero-order valence-electron chi connectivity index (χ0n) is 18.3. The third-order valence-electron chi connectivity index (χ3n) is 5.06. The Labute approximate surface area is 174 Å². The number of benzene rings is 1. The van der Waals surface area contributed by atoms with Crippen molar-refractivity contribution < 1.29 is 5.11 Å². The average molecular weight is 399 g/mol. The van der Waals surface area contributed by atoms with E-state index in [1.54, 1.807) is 0 Å². The number of aliphatic hydroxyl groups is 1. The Morgan fingerprint density at radius 1 is 1.14 bits per heavy atom. The van der Waals surface area contributed by atoms with Gasteiger partial charge in [0.15, 0.2) is 11.6 Å². The highest BCUT2D eigenvalue weighted by Gasteiger charge is 2.23. The van der Waals surface area contributed by atoms with Crippen LogP contribution in [0.2, 0.25) is 0 Å². The molecular formula is C22H34N6O. The van der Waals surface area contributed by atoms with Crippen LogP contribution >= 0.6 is 0 Å². The minimum absolute atomic E-state index is 0.0213. The summed E-state index contributed by atoms with van der Waals surface area (Å²) in [5, 5.41) is 12.9. The standard InChI is InChI=1S/C22H34N6O/c1-7-18(15-29)24-22-25-20(27(6)16(3)4)19(23-5)21(26-22)28(8-2)14-17-12-10-9-11-13-17/h9-13,16,18,29H,5,7-8,14-15H2,1-4,6H3,(H,24,25,26). The van der Waals surface area contributed by atoms with Crippen LogP contribution in [0.25, 0.3) is 0 Å². The van der Waals surface area contributed by atoms with E-state index in [2.05, 4.69) is 59.7 Å². The maximum absolute atomic E-state index is 9.61. The molecule has 0 bridgehead atoms. The van der Waals surface area contributed by atoms with Crippen molar-refractivity contribution in [2.45, 2.75) is 52.7 Å². The molecule has 1 aromatic carbocycles. The van der Waals surface area contributed by atoms with Crippen LogP contribution in [0.5, 0.6) is 0 Å². The smallest absolute Gasteiger partial charge is 0.227 e. The van der Waals surface area contributed by atoms with Gasteiger partial charge in [-0.05, 0) is 39.5 Å². The monoisotopic (exact) mass is 398 g/mol. The second-order valence-corrected chi connectivity index (χ2v) is 7.34. The largest absolute Gasteiger partial charge is 0.394 e. The molecule has 0 aliphatic rings. The van der Waals surface area contributed by atoms with Gasteiger partial charge in [-0.15, -0.1) is 0 Å². The minimum Gasteiger partial charge on any atom is -0.394 e. The van der Waals surface area contributed by atoms with Crippen molar-refractivity contribution in [3.05, 3.63) is 35.9 Å². The van der Waals surface area contributed by atoms with Crippen LogP contribution in [0, 0.1) is 0 Å². The molecule has 1 unspecified atom stereocenters. The third-order valence-corrected chi connectivity index (χ3v) is 5.06. The molecule has 2 rings (SSSR count). The fourth-order valence-corrected chi connectivity index (χ4v) is 2.95. The second kappa shape index (κ2) is 10.8. The molecule has 0 saturated carbocycles. The van der Waals surface area contributed by atoms with Gasteiger partial charge in [0.2, 0.25) is 5.95 Å². The molecule has 0 radical (unpaired) electrons. The molecule has 7 nitrogen and oxygen atoms in total. The molecule has 0 spiro atoms. The van der Waals surface area contributed by atoms with Gasteiger partial charge in [-0.25, -0.2) is 0 Å². The second-order valence-electron chi connectivity index (χ2n) is 7.34. The van der Waals surface area contributed by atoms with Gasteiger partial charge in [-0.3, -0.25) is 4.99 Å². The predicted molar refractivity (Wildman–Crippen MR) is 123 cm³/mol. The van der Waals surface area contributed by atoms with E-state index in [4.69, 9.17) is 9.97 Å². The number of nitrogens with zero attached hydrogens (tertiary/aromatic N) is 5. The normalized spacial score (nSPS) is 12.0. The summed E-state index contributed by atoms with van der Waals surface area (Å²) in [5.74, 6) is 1.95. The molecule has 0 aliphatic carbocycles. The van der Waals surface area contributed by atoms with E-state index in [0.29, 0.717) is 18.2 Å². The summed E-state index contributed by atoms with van der Waals surface area (Å²) < 4.78 is 0. The summed E-state index contributed by atoms with van der Waals surface area (Å²) >= 11 is 0. The zero-order valence-corrected chi connectivity index (χ0v) is 18.3. The van der Waals surface area contributed by atoms with Crippen molar-refractivity contribution in [3.63, 3.8) is 0 Å². The maximum Gasteiger partial charge on any atom is 0.227 e. The van der Waals surface area contributed by atoms with Gasteiger partial charge in [-0.2, -0.15) is 9.97 Å². The van der Waals surface area contributed by atoms with Gasteiger partial charge in [0.1, 0.15) is 5.69 Å². The summed E-state index contributed by atoms with van der Waals surface area (Å²) in [4.78, 5) is 18.0. The van der Waals surface area contributed by atoms with E-state index >= 15 is 0 Å². The lowest BCUT2D eigenvalue weighted by molar-refractivity contribution is 0.271. The van der Waals surface area contributed by atoms with Crippen molar-refractivity contribution in [1.82, 2.24) is 9.97 Å². The Hall–Kier alpha value is -2.67. The lowest BCUT2D eigenvalue weighted by Gasteiger charge is -2.29. The van der Waals surface area contributed by atoms with Crippen molar-refractivity contribution in [2.75, 3.05) is 35.3 Å². The van der Waals surface area contributed by atoms with E-state index in [0.717, 1.165) is 24.6 Å². The molecule has 1 atom stereocenters. The average Bonchev–Trinajstić information content (AvgIpc) is 2.75. The van der Waals surface area contributed by atoms with Crippen molar-refractivity contribution in [2.24, 2.45) is 4.99 Å². The first-order valence-electron chi connectivity index (χ1n) is 10.2. The molecule has 7 heteroatoms. The van der Waals surface area contributed by atoms with Gasteiger partial charge < -0.3 is 20.2 Å². The number of anilines is 3. The van der Waals surface area contributed by atoms with Crippen LogP contribution in [0.4, 0.5) is 23.3 Å². The Morgan fingerprint density at radius 3 is 2.31 bits per heavy atom. The fraction of sp³-hybridized carbons (Fsp3) is 0.500. The highest BCUT2D eigenvalue weighted by molar-refractivity contribution is 5.79. The Kier molecular flexibility index (Phi) is 8.39. The predicted octanol–water partition coefficient (Wildman–Crippen LogP) is 3.86. The topological polar surface area (TPSA) is 76.9 Å². The summed E-state index contributed by atoms with van der Waals surface area (Å²) in [6, 6.07) is 10.4. The van der Waals surface area contributed by atoms with E-state index in [-0.39, 0.29) is 18.7 Å². The number of aromatic nitrogens is 2. The van der Waals surface area contributed by atoms with Crippen LogP contribution in [-0.4, -0.2) is 54.1 Å². The molecule has 1 aromatic heterocycles. The molecule has 29 heavy (non-hydrogen) atoms. The Morgan fingerprint density at radius 2 is 1.79 bits per heavy atom. The first-order valence-corrected chi connectivity index (χ1v) is 10.2. The lowest BCUT2D eigenvalue weighted by Crippen LogP contribution is -2.30. The Bertz CT molecular complexity index is 776. The first kappa shape index (κ1) is 22.6. The van der Waals surface area contributed by atoms with Crippen molar-refractivity contribution in [1.29, 1.82) is 0 Å². The molecule has 158 valence electrons. The van der Waals surface area contributed by atoms with Gasteiger partial charge >= 0.3 is 0 Å². The van der Waals surface area contributed by atoms with Crippen LogP contribution in [0.15, 0.2) is 35.3 Å². The molecule has 0 fully saturated rings. The number of rotatable bonds is 11. The van der Waals surface area contributed by atoms with E-state index in [1.807, 2.05) is 32.2 Å². The minimum atomic E-state index is -0.105. The summed E-state index contributed by atoms with van der Waals surface area (Å²) in [7, 11) is 1.99. The van der Waals surface area contributed by atoms with Crippen LogP contribution in [0.3, 0.4) is 0 Å². The van der Waals surface area contributed by atoms with Gasteiger partial charge in [0, 0.05) is 26.2 Å². The maximum atomic E-state index is 9.61. The fourth-order valence-electron chi connectivity index (χ4n) is 2.95. The molecule has 2 aromatic rings. The molecule has 2 N–H and O–H groups in total. The quantitative estimate of drug-likeness (QED) is 0.560. The van der Waals surface area contributed by atoms with Crippen molar-refractivity contribution >= 4 is 30.0 Å². The molecule has 0 amide bonds. The molecule has 1 heterocycles. The molecule has 0 aliphatic heterocycles. The van der Waals surface area contributed by atoms with E-state index in [9.17, 15) is 5.11 Å². The SMILES string of the molecule is C=Nc1c(N(CC)Cc2ccccc2)nc(NC(CC)CO)nc1N(C)C(C)C. The van der Waals surface area contributed by atoms with Crippen molar-refractivity contribution in [3.8, 4) is 0 Å². The first-order chi connectivity index (χ1) is 13.9. The number of hydrogen-bond acceptors (Lipinski definition) is 7. The number of aliphatic hydroxyl groups excluding tert-OH is 1. The van der Waals surface area contributed by atoms with Crippen LogP contribution < -0.4 is 15.1 Å². The highest BCUT2D eigenvalue weighted by atomic mass is 16.3. The van der Waals surface area contributed by atoms with Crippen LogP contribution in [0.1, 0.15) is 39.7 Å². The lowest BCUT2D eigenvalue weighted by atomic mass is 10.2. The molecule has 0 saturated heterocycles. The van der Waals surface area contributed by atoms with Crippen LogP contribution in [-0.2, 0) is 6.54 Å². The summed E-state index contributed by atoms with van der Waals surface area (Å²) in [5.41, 5.74) is 1.86. The highest BCUT2D eigenvalue weighted by Crippen LogP contribution is 2.37. The van der Waals surface area contributed by atoms with Gasteiger partial charge in [0.05, 0.1) is 12.6 Å². The Balaban J connectivity index is 2.56. The number of nitrogens with one attached hydrogen (secondary N) is 1. The van der Waals surface area contributed by atoms with Gasteiger partial charge in [-0.1, -0.05) is 37.3 Å². The summed E-state index contributed by atoms with van der Waals surface area (Å²) in [6.45, 7) is 13.6. The number of hydrogen-bond donors (Lipinski definition) is 2. The van der Waals surface area contributed by atoms with E-state index < -0.39 is 0 Å². The zero-order chi connectivity index (χ0) is 21.4.